The summed E-state index contributed by atoms with van der Waals surface area (Å²) in [6.07, 6.45) is 3.58. The van der Waals surface area contributed by atoms with Crippen LogP contribution in [0.4, 0.5) is 0 Å². The summed E-state index contributed by atoms with van der Waals surface area (Å²) >= 11 is 6.19. The number of unbranched alkanes of at least 4 members (excludes halogenated alkanes) is 3. The molecule has 4 N–H and O–H groups in total. The Labute approximate surface area is 196 Å². The van der Waals surface area contributed by atoms with E-state index in [4.69, 9.17) is 21.1 Å². The maximum absolute atomic E-state index is 10.2. The normalized spacial score (nSPS) is 12.2. The van der Waals surface area contributed by atoms with Gasteiger partial charge in [-0.25, -0.2) is 0 Å². The Morgan fingerprint density at radius 2 is 1.78 bits per heavy atom. The smallest absolute Gasteiger partial charge is 0.121 e. The average Bonchev–Trinajstić information content (AvgIpc) is 2.78. The molecule has 0 radical (unpaired) electrons. The van der Waals surface area contributed by atoms with Crippen LogP contribution in [-0.2, 0) is 22.7 Å². The SMILES string of the molecule is Cc1cccc(Cl)c1COCCOCCCCCCNCC(O)c1ccc(O)c(CO)c1. The molecule has 32 heavy (non-hydrogen) atoms. The Morgan fingerprint density at radius 1 is 1.00 bits per heavy atom. The fourth-order valence-corrected chi connectivity index (χ4v) is 3.62. The van der Waals surface area contributed by atoms with E-state index in [0.29, 0.717) is 37.5 Å². The maximum Gasteiger partial charge on any atom is 0.121 e. The van der Waals surface area contributed by atoms with E-state index in [2.05, 4.69) is 5.32 Å². The lowest BCUT2D eigenvalue weighted by molar-refractivity contribution is 0.0391. The number of aliphatic hydroxyl groups excluding tert-OH is 2. The molecule has 2 aromatic rings. The number of hydrogen-bond donors (Lipinski definition) is 4. The molecule has 6 nitrogen and oxygen atoms in total. The molecule has 1 atom stereocenters. The van der Waals surface area contributed by atoms with E-state index in [-0.39, 0.29) is 12.4 Å². The lowest BCUT2D eigenvalue weighted by atomic mass is 10.1. The van der Waals surface area contributed by atoms with Crippen molar-refractivity contribution >= 4 is 11.6 Å². The first-order valence-electron chi connectivity index (χ1n) is 11.2. The second-order valence-electron chi connectivity index (χ2n) is 7.88. The molecule has 0 fully saturated rings. The summed E-state index contributed by atoms with van der Waals surface area (Å²) in [7, 11) is 0. The van der Waals surface area contributed by atoms with Gasteiger partial charge in [0, 0.05) is 23.7 Å². The number of phenols is 1. The summed E-state index contributed by atoms with van der Waals surface area (Å²) in [6, 6.07) is 10.6. The van der Waals surface area contributed by atoms with Crippen LogP contribution in [0.3, 0.4) is 0 Å². The maximum atomic E-state index is 10.2. The molecule has 7 heteroatoms. The molecule has 0 saturated heterocycles. The Balaban J connectivity index is 1.42. The van der Waals surface area contributed by atoms with E-state index >= 15 is 0 Å². The molecular weight excluding hydrogens is 430 g/mol. The van der Waals surface area contributed by atoms with E-state index in [1.54, 1.807) is 12.1 Å². The van der Waals surface area contributed by atoms with Gasteiger partial charge in [-0.1, -0.05) is 42.6 Å². The summed E-state index contributed by atoms with van der Waals surface area (Å²) in [5.41, 5.74) is 3.28. The van der Waals surface area contributed by atoms with Crippen molar-refractivity contribution in [2.45, 2.75) is 51.9 Å². The lowest BCUT2D eigenvalue weighted by Gasteiger charge is -2.14. The molecular formula is C25H36ClNO5. The van der Waals surface area contributed by atoms with E-state index in [0.717, 1.165) is 55.0 Å². The first kappa shape index (κ1) is 26.6. The molecule has 178 valence electrons. The zero-order valence-corrected chi connectivity index (χ0v) is 19.6. The van der Waals surface area contributed by atoms with Gasteiger partial charge in [0.2, 0.25) is 0 Å². The molecule has 0 bridgehead atoms. The summed E-state index contributed by atoms with van der Waals surface area (Å²) in [6.45, 7) is 5.42. The molecule has 0 amide bonds. The molecule has 0 spiro atoms. The summed E-state index contributed by atoms with van der Waals surface area (Å²) in [4.78, 5) is 0. The number of benzene rings is 2. The third-order valence-corrected chi connectivity index (χ3v) is 5.71. The molecule has 0 saturated carbocycles. The number of aromatic hydroxyl groups is 1. The number of hydrogen-bond acceptors (Lipinski definition) is 6. The highest BCUT2D eigenvalue weighted by molar-refractivity contribution is 6.31. The Morgan fingerprint density at radius 3 is 2.56 bits per heavy atom. The van der Waals surface area contributed by atoms with Crippen LogP contribution in [0.5, 0.6) is 5.75 Å². The number of rotatable bonds is 16. The van der Waals surface area contributed by atoms with Crippen molar-refractivity contribution in [2.24, 2.45) is 0 Å². The topological polar surface area (TPSA) is 91.2 Å². The minimum Gasteiger partial charge on any atom is -0.508 e. The molecule has 0 aromatic heterocycles. The molecule has 2 aromatic carbocycles. The molecule has 2 rings (SSSR count). The zero-order valence-electron chi connectivity index (χ0n) is 18.9. The third kappa shape index (κ3) is 9.45. The van der Waals surface area contributed by atoms with Gasteiger partial charge in [-0.05, 0) is 61.2 Å². The number of ether oxygens (including phenoxy) is 2. The van der Waals surface area contributed by atoms with Crippen molar-refractivity contribution in [1.29, 1.82) is 0 Å². The van der Waals surface area contributed by atoms with Gasteiger partial charge in [-0.3, -0.25) is 0 Å². The van der Waals surface area contributed by atoms with Crippen LogP contribution < -0.4 is 5.32 Å². The third-order valence-electron chi connectivity index (χ3n) is 5.36. The van der Waals surface area contributed by atoms with Crippen LogP contribution in [0.15, 0.2) is 36.4 Å². The predicted octanol–water partition coefficient (Wildman–Crippen LogP) is 4.26. The highest BCUT2D eigenvalue weighted by atomic mass is 35.5. The first-order valence-corrected chi connectivity index (χ1v) is 11.6. The van der Waals surface area contributed by atoms with Gasteiger partial charge in [0.25, 0.3) is 0 Å². The van der Waals surface area contributed by atoms with Gasteiger partial charge in [-0.2, -0.15) is 0 Å². The van der Waals surface area contributed by atoms with Crippen molar-refractivity contribution in [2.75, 3.05) is 32.9 Å². The van der Waals surface area contributed by atoms with Crippen molar-refractivity contribution < 1.29 is 24.8 Å². The second kappa shape index (κ2) is 15.2. The minimum absolute atomic E-state index is 0.0418. The first-order chi connectivity index (χ1) is 15.5. The predicted molar refractivity (Wildman–Crippen MR) is 127 cm³/mol. The standard InChI is InChI=1S/C25H36ClNO5/c1-19-7-6-8-23(26)22(19)18-32-14-13-31-12-5-3-2-4-11-27-16-25(30)20-9-10-24(29)21(15-20)17-28/h6-10,15,25,27-30H,2-5,11-14,16-18H2,1H3. The number of halogens is 1. The largest absolute Gasteiger partial charge is 0.508 e. The van der Waals surface area contributed by atoms with Gasteiger partial charge >= 0.3 is 0 Å². The van der Waals surface area contributed by atoms with Gasteiger partial charge in [0.1, 0.15) is 5.75 Å². The quantitative estimate of drug-likeness (QED) is 0.277. The molecule has 0 heterocycles. The summed E-state index contributed by atoms with van der Waals surface area (Å²) in [5.74, 6) is 0.0418. The van der Waals surface area contributed by atoms with E-state index in [1.165, 1.54) is 6.07 Å². The fraction of sp³-hybridized carbons (Fsp3) is 0.520. The van der Waals surface area contributed by atoms with Crippen LogP contribution in [-0.4, -0.2) is 48.2 Å². The molecule has 0 aliphatic carbocycles. The van der Waals surface area contributed by atoms with Crippen molar-refractivity contribution in [3.63, 3.8) is 0 Å². The second-order valence-corrected chi connectivity index (χ2v) is 8.29. The fourth-order valence-electron chi connectivity index (χ4n) is 3.35. The minimum atomic E-state index is -0.668. The van der Waals surface area contributed by atoms with Gasteiger partial charge in [-0.15, -0.1) is 0 Å². The van der Waals surface area contributed by atoms with Gasteiger partial charge < -0.3 is 30.1 Å². The monoisotopic (exact) mass is 465 g/mol. The Bertz CT molecular complexity index is 782. The van der Waals surface area contributed by atoms with Crippen molar-refractivity contribution in [1.82, 2.24) is 5.32 Å². The van der Waals surface area contributed by atoms with Crippen molar-refractivity contribution in [3.8, 4) is 5.75 Å². The van der Waals surface area contributed by atoms with Crippen LogP contribution in [0.25, 0.3) is 0 Å². The summed E-state index contributed by atoms with van der Waals surface area (Å²) in [5, 5.41) is 33.0. The van der Waals surface area contributed by atoms with Gasteiger partial charge in [0.15, 0.2) is 0 Å². The van der Waals surface area contributed by atoms with Crippen LogP contribution in [0.1, 0.15) is 54.0 Å². The van der Waals surface area contributed by atoms with Crippen LogP contribution in [0.2, 0.25) is 5.02 Å². The summed E-state index contributed by atoms with van der Waals surface area (Å²) < 4.78 is 11.3. The van der Waals surface area contributed by atoms with E-state index in [9.17, 15) is 15.3 Å². The molecule has 1 unspecified atom stereocenters. The lowest BCUT2D eigenvalue weighted by Crippen LogP contribution is -2.22. The van der Waals surface area contributed by atoms with E-state index < -0.39 is 6.10 Å². The zero-order chi connectivity index (χ0) is 23.2. The molecule has 0 aliphatic rings. The number of aryl methyl sites for hydroxylation is 1. The van der Waals surface area contributed by atoms with E-state index in [1.807, 2.05) is 25.1 Å². The highest BCUT2D eigenvalue weighted by Gasteiger charge is 2.10. The average molecular weight is 466 g/mol. The Kier molecular flexibility index (Phi) is 12.6. The van der Waals surface area contributed by atoms with Gasteiger partial charge in [0.05, 0.1) is 32.5 Å². The van der Waals surface area contributed by atoms with Crippen LogP contribution >= 0.6 is 11.6 Å². The highest BCUT2D eigenvalue weighted by Crippen LogP contribution is 2.22. The number of aliphatic hydroxyl groups is 2. The van der Waals surface area contributed by atoms with Crippen molar-refractivity contribution in [3.05, 3.63) is 63.7 Å². The number of nitrogens with one attached hydrogen (secondary N) is 1. The molecule has 0 aliphatic heterocycles. The van der Waals surface area contributed by atoms with Crippen LogP contribution in [0, 0.1) is 6.92 Å². The Hall–Kier alpha value is -1.67.